The summed E-state index contributed by atoms with van der Waals surface area (Å²) in [5.41, 5.74) is 0.00434. The average Bonchev–Trinajstić information content (AvgIpc) is 3.02. The molecular weight excluding hydrogens is 624 g/mol. The number of carboxylic acids is 2. The summed E-state index contributed by atoms with van der Waals surface area (Å²) < 4.78 is 12.2. The van der Waals surface area contributed by atoms with E-state index in [1.807, 2.05) is 0 Å². The van der Waals surface area contributed by atoms with Crippen molar-refractivity contribution >= 4 is 11.9 Å². The highest BCUT2D eigenvalue weighted by Crippen LogP contribution is 2.81. The molecule has 0 aromatic heterocycles. The summed E-state index contributed by atoms with van der Waals surface area (Å²) in [7, 11) is 0. The van der Waals surface area contributed by atoms with Gasteiger partial charge in [-0.25, -0.2) is 4.79 Å². The molecule has 1 saturated heterocycles. The van der Waals surface area contributed by atoms with Crippen LogP contribution < -0.4 is 0 Å². The van der Waals surface area contributed by atoms with Crippen molar-refractivity contribution in [2.45, 2.75) is 155 Å². The van der Waals surface area contributed by atoms with E-state index in [1.54, 1.807) is 0 Å². The van der Waals surface area contributed by atoms with Gasteiger partial charge in [-0.15, -0.1) is 0 Å². The zero-order chi connectivity index (χ0) is 35.2. The minimum atomic E-state index is -1.75. The Morgan fingerprint density at radius 3 is 2.33 bits per heavy atom. The summed E-state index contributed by atoms with van der Waals surface area (Å²) in [6, 6.07) is 0. The van der Waals surface area contributed by atoms with Crippen LogP contribution in [0.1, 0.15) is 118 Å². The molecule has 272 valence electrons. The van der Waals surface area contributed by atoms with Gasteiger partial charge in [-0.3, -0.25) is 4.79 Å². The number of hydrogen-bond acceptors (Lipinski definition) is 7. The van der Waals surface area contributed by atoms with Gasteiger partial charge in [0.15, 0.2) is 12.4 Å². The zero-order valence-corrected chi connectivity index (χ0v) is 30.0. The van der Waals surface area contributed by atoms with E-state index in [0.29, 0.717) is 17.8 Å². The molecule has 5 N–H and O–H groups in total. The number of hydrogen-bond donors (Lipinski definition) is 5. The molecule has 0 amide bonds. The van der Waals surface area contributed by atoms with Gasteiger partial charge in [-0.2, -0.15) is 0 Å². The van der Waals surface area contributed by atoms with E-state index in [0.717, 1.165) is 83.5 Å². The molecule has 0 unspecified atom stereocenters. The van der Waals surface area contributed by atoms with Crippen LogP contribution in [0.25, 0.3) is 0 Å². The molecular formula is C40H58O9. The fourth-order valence-corrected chi connectivity index (χ4v) is 15.0. The van der Waals surface area contributed by atoms with Gasteiger partial charge < -0.3 is 35.0 Å². The minimum absolute atomic E-state index is 0.00484. The van der Waals surface area contributed by atoms with Crippen molar-refractivity contribution in [2.24, 2.45) is 55.7 Å². The lowest BCUT2D eigenvalue weighted by molar-refractivity contribution is -0.332. The molecule has 16 atom stereocenters. The van der Waals surface area contributed by atoms with Crippen LogP contribution >= 0.6 is 0 Å². The first-order valence-electron chi connectivity index (χ1n) is 19.1. The first-order chi connectivity index (χ1) is 22.9. The van der Waals surface area contributed by atoms with E-state index >= 15 is 0 Å². The van der Waals surface area contributed by atoms with Gasteiger partial charge in [-0.05, 0) is 115 Å². The Kier molecular flexibility index (Phi) is 7.46. The van der Waals surface area contributed by atoms with Crippen LogP contribution in [0.2, 0.25) is 0 Å². The monoisotopic (exact) mass is 682 g/mol. The number of fused-ring (bicyclic) bond motifs is 5. The van der Waals surface area contributed by atoms with Crippen molar-refractivity contribution < 1.29 is 44.6 Å². The van der Waals surface area contributed by atoms with Crippen molar-refractivity contribution in [2.75, 3.05) is 0 Å². The second-order valence-electron chi connectivity index (χ2n) is 19.4. The van der Waals surface area contributed by atoms with Crippen LogP contribution in [0.5, 0.6) is 0 Å². The average molecular weight is 683 g/mol. The van der Waals surface area contributed by atoms with Crippen LogP contribution in [0, 0.1) is 55.7 Å². The van der Waals surface area contributed by atoms with E-state index in [-0.39, 0.29) is 33.2 Å². The molecule has 0 aromatic rings. The molecule has 0 aromatic carbocycles. The number of aliphatic hydroxyl groups excluding tert-OH is 3. The predicted octanol–water partition coefficient (Wildman–Crippen LogP) is 5.85. The first-order valence-corrected chi connectivity index (χ1v) is 19.1. The molecule has 9 heteroatoms. The molecule has 9 nitrogen and oxygen atoms in total. The van der Waals surface area contributed by atoms with Gasteiger partial charge in [0.2, 0.25) is 0 Å². The number of carbonyl (C=O) groups is 2. The highest BCUT2D eigenvalue weighted by Gasteiger charge is 2.75. The first kappa shape index (κ1) is 34.3. The zero-order valence-electron chi connectivity index (χ0n) is 30.0. The maximum atomic E-state index is 13.4. The van der Waals surface area contributed by atoms with E-state index in [4.69, 9.17) is 9.47 Å². The van der Waals surface area contributed by atoms with E-state index in [1.165, 1.54) is 5.57 Å². The highest BCUT2D eigenvalue weighted by atomic mass is 16.7. The Bertz CT molecular complexity index is 1490. The molecule has 0 radical (unpaired) electrons. The topological polar surface area (TPSA) is 154 Å². The fourth-order valence-electron chi connectivity index (χ4n) is 15.0. The fraction of sp³-hybridized carbons (Fsp3) is 0.850. The predicted molar refractivity (Wildman–Crippen MR) is 180 cm³/mol. The molecule has 7 aliphatic carbocycles. The van der Waals surface area contributed by atoms with Gasteiger partial charge in [0.05, 0.1) is 11.5 Å². The Labute approximate surface area is 290 Å². The van der Waals surface area contributed by atoms with Crippen molar-refractivity contribution in [3.8, 4) is 0 Å². The number of carboxylic acid groups (broad SMARTS) is 2. The van der Waals surface area contributed by atoms with Gasteiger partial charge in [0, 0.05) is 5.41 Å². The quantitative estimate of drug-likeness (QED) is 0.182. The Morgan fingerprint density at radius 2 is 1.61 bits per heavy atom. The van der Waals surface area contributed by atoms with Crippen LogP contribution in [0.4, 0.5) is 0 Å². The van der Waals surface area contributed by atoms with E-state index < -0.39 is 53.5 Å². The summed E-state index contributed by atoms with van der Waals surface area (Å²) in [5, 5.41) is 52.3. The Balaban J connectivity index is 1.16. The normalized spacial score (nSPS) is 57.5. The maximum Gasteiger partial charge on any atom is 0.335 e. The standard InChI is InChI=1S/C40H58O9/c1-34-12-7-14-40(21-34)24-10-9-23-35(2)15-11-25(48-32-28(43)26(41)27(42)29(49-32)31(44)45)36(3)13-6-8-22(30(35)36)20-38(23,5)37(24,4)17-19-39(40,18-16-34)33(46)47/h7,10,14,22-23,25-30,32,41-43H,6,8-9,11-13,15-21H2,1-5H3,(H,44,45)(H,46,47)/t22-,23+,25-,26-,27-,28+,29-,30+,32+,34-,35+,36+,37+,38+,39+,40-/m0/s1. The van der Waals surface area contributed by atoms with Crippen molar-refractivity contribution in [1.82, 2.24) is 0 Å². The molecule has 2 bridgehead atoms. The van der Waals surface area contributed by atoms with Gasteiger partial charge in [-0.1, -0.05) is 71.3 Å². The van der Waals surface area contributed by atoms with Crippen LogP contribution in [0.3, 0.4) is 0 Å². The van der Waals surface area contributed by atoms with Gasteiger partial charge in [0.1, 0.15) is 18.3 Å². The summed E-state index contributed by atoms with van der Waals surface area (Å²) in [6.07, 6.45) is 11.0. The van der Waals surface area contributed by atoms with Crippen LogP contribution in [-0.2, 0) is 19.1 Å². The summed E-state index contributed by atoms with van der Waals surface area (Å²) in [5.74, 6) is -0.803. The highest BCUT2D eigenvalue weighted by molar-refractivity contribution is 5.79. The SMILES string of the molecule is C[C@@]12CC=C[C@]3(C1)C1=CC[C@@H]4[C@@]5(C)CC[C@H](O[C@@H]6O[C@H](C(=O)O)[C@@H](O)[C@H](O)[C@H]6O)[C@@]6(C)CCC[C@@H](C[C@@]4(C)[C@]1(C)CC[C@@]3(C(=O)O)CC2)[C@@H]65. The lowest BCUT2D eigenvalue weighted by Crippen LogP contribution is -2.70. The second kappa shape index (κ2) is 10.6. The summed E-state index contributed by atoms with van der Waals surface area (Å²) >= 11 is 0. The third-order valence-corrected chi connectivity index (χ3v) is 17.3. The van der Waals surface area contributed by atoms with Crippen LogP contribution in [-0.4, -0.2) is 74.3 Å². The Morgan fingerprint density at radius 1 is 0.878 bits per heavy atom. The van der Waals surface area contributed by atoms with Crippen LogP contribution in [0.15, 0.2) is 23.8 Å². The largest absolute Gasteiger partial charge is 0.481 e. The van der Waals surface area contributed by atoms with Crippen molar-refractivity contribution in [3.05, 3.63) is 23.8 Å². The molecule has 1 aliphatic heterocycles. The van der Waals surface area contributed by atoms with E-state index in [2.05, 4.69) is 52.8 Å². The molecule has 8 rings (SSSR count). The Hall–Kier alpha value is -1.78. The van der Waals surface area contributed by atoms with Gasteiger partial charge >= 0.3 is 11.9 Å². The smallest absolute Gasteiger partial charge is 0.335 e. The van der Waals surface area contributed by atoms with Crippen molar-refractivity contribution in [3.63, 3.8) is 0 Å². The molecule has 1 heterocycles. The maximum absolute atomic E-state index is 13.4. The minimum Gasteiger partial charge on any atom is -0.481 e. The third-order valence-electron chi connectivity index (χ3n) is 17.3. The number of rotatable bonds is 4. The lowest BCUT2D eigenvalue weighted by atomic mass is 9.29. The number of ether oxygens (including phenoxy) is 2. The molecule has 6 fully saturated rings. The lowest BCUT2D eigenvalue weighted by Gasteiger charge is -2.75. The number of allylic oxidation sites excluding steroid dienone is 4. The van der Waals surface area contributed by atoms with Crippen molar-refractivity contribution in [1.29, 1.82) is 0 Å². The molecule has 1 spiro atoms. The second-order valence-corrected chi connectivity index (χ2v) is 19.4. The summed E-state index contributed by atoms with van der Waals surface area (Å²) in [6.45, 7) is 12.3. The third kappa shape index (κ3) is 4.17. The van der Waals surface area contributed by atoms with E-state index in [9.17, 15) is 35.1 Å². The van der Waals surface area contributed by atoms with Gasteiger partial charge in [0.25, 0.3) is 0 Å². The number of aliphatic hydroxyl groups is 3. The molecule has 5 saturated carbocycles. The number of aliphatic carboxylic acids is 2. The summed E-state index contributed by atoms with van der Waals surface area (Å²) in [4.78, 5) is 25.2. The molecule has 49 heavy (non-hydrogen) atoms. The molecule has 8 aliphatic rings.